The minimum atomic E-state index is -0.411. The van der Waals surface area contributed by atoms with Crippen LogP contribution in [0.15, 0.2) is 0 Å². The summed E-state index contributed by atoms with van der Waals surface area (Å²) >= 11 is 2.94. The maximum atomic E-state index is 11.5. The fourth-order valence-electron chi connectivity index (χ4n) is 2.04. The summed E-state index contributed by atoms with van der Waals surface area (Å²) in [5.74, 6) is -0.593. The van der Waals surface area contributed by atoms with Gasteiger partial charge in [0.25, 0.3) is 0 Å². The minimum absolute atomic E-state index is 0.200. The van der Waals surface area contributed by atoms with Crippen LogP contribution in [0.1, 0.15) is 25.7 Å². The topological polar surface area (TPSA) is 98.4 Å². The molecule has 9 heteroatoms. The van der Waals surface area contributed by atoms with E-state index in [1.165, 1.54) is 9.15 Å². The fourth-order valence-corrected chi connectivity index (χ4v) is 2.42. The van der Waals surface area contributed by atoms with Crippen LogP contribution in [0.4, 0.5) is 9.59 Å². The molecule has 2 aliphatic heterocycles. The van der Waals surface area contributed by atoms with Gasteiger partial charge >= 0.3 is 134 Å². The zero-order valence-electron chi connectivity index (χ0n) is 11.8. The summed E-state index contributed by atoms with van der Waals surface area (Å²) in [7, 11) is 0. The quantitative estimate of drug-likeness (QED) is 0.441. The molecule has 2 heterocycles. The number of imide groups is 2. The first-order valence-electron chi connectivity index (χ1n) is 6.85. The Kier molecular flexibility index (Phi) is 5.46. The number of amides is 6. The van der Waals surface area contributed by atoms with Crippen molar-refractivity contribution in [2.24, 2.45) is 0 Å². The summed E-state index contributed by atoms with van der Waals surface area (Å²) in [4.78, 5) is 45.1. The van der Waals surface area contributed by atoms with Gasteiger partial charge in [-0.3, -0.25) is 0 Å². The molecule has 0 fully saturated rings. The van der Waals surface area contributed by atoms with Gasteiger partial charge in [0.2, 0.25) is 0 Å². The van der Waals surface area contributed by atoms with E-state index in [-0.39, 0.29) is 24.7 Å². The second-order valence-corrected chi connectivity index (χ2v) is 6.12. The molecule has 2 rings (SSSR count). The zero-order chi connectivity index (χ0) is 16.1. The fraction of sp³-hybridized carbons (Fsp3) is 0.462. The Bertz CT molecular complexity index is 572. The first kappa shape index (κ1) is 16.4. The normalized spacial score (nSPS) is 18.4. The molecule has 0 radical (unpaired) electrons. The van der Waals surface area contributed by atoms with Gasteiger partial charge in [0.1, 0.15) is 0 Å². The molecule has 6 amide bonds. The van der Waals surface area contributed by atoms with E-state index in [1.807, 2.05) is 0 Å². The third-order valence-corrected chi connectivity index (χ3v) is 4.13. The number of nitrogens with zero attached hydrogens (tertiary/aromatic N) is 2. The predicted octanol–water partition coefficient (Wildman–Crippen LogP) is -1.45. The average molecular weight is 371 g/mol. The van der Waals surface area contributed by atoms with Crippen molar-refractivity contribution < 1.29 is 28.3 Å². The molecule has 0 aliphatic carbocycles. The molecule has 0 bridgehead atoms. The third kappa shape index (κ3) is 4.50. The summed E-state index contributed by atoms with van der Waals surface area (Å²) < 4.78 is 3.95. The van der Waals surface area contributed by atoms with Gasteiger partial charge in [0.05, 0.1) is 0 Å². The molecule has 0 aromatic heterocycles. The summed E-state index contributed by atoms with van der Waals surface area (Å²) in [6.45, 7) is 0.936. The van der Waals surface area contributed by atoms with Gasteiger partial charge in [-0.1, -0.05) is 0 Å². The Morgan fingerprint density at radius 1 is 0.909 bits per heavy atom. The van der Waals surface area contributed by atoms with Crippen molar-refractivity contribution in [3.8, 4) is 0 Å². The van der Waals surface area contributed by atoms with E-state index in [2.05, 4.69) is 26.2 Å². The molecular formula is C13H16N4O4Se+2. The van der Waals surface area contributed by atoms with E-state index >= 15 is 0 Å². The number of nitrogens with one attached hydrogen (secondary N) is 2. The zero-order valence-corrected chi connectivity index (χ0v) is 13.5. The van der Waals surface area contributed by atoms with E-state index in [0.717, 1.165) is 4.42 Å². The number of carbonyl (C=O) groups excluding carboxylic acids is 4. The first-order chi connectivity index (χ1) is 10.5. The van der Waals surface area contributed by atoms with Crippen LogP contribution in [-0.2, 0) is 9.59 Å². The Labute approximate surface area is 134 Å². The Morgan fingerprint density at radius 2 is 1.32 bits per heavy atom. The van der Waals surface area contributed by atoms with Crippen LogP contribution in [0.25, 0.3) is 0 Å². The molecule has 0 aromatic carbocycles. The molecule has 2 aliphatic rings. The van der Waals surface area contributed by atoms with Crippen LogP contribution in [0.5, 0.6) is 0 Å². The molecule has 8 nitrogen and oxygen atoms in total. The van der Waals surface area contributed by atoms with Gasteiger partial charge in [0.15, 0.2) is 0 Å². The third-order valence-electron chi connectivity index (χ3n) is 3.27. The van der Waals surface area contributed by atoms with Crippen LogP contribution < -0.4 is 10.6 Å². The number of rotatable bonds is 6. The van der Waals surface area contributed by atoms with Crippen molar-refractivity contribution in [1.82, 2.24) is 10.6 Å². The molecule has 0 atom stereocenters. The Morgan fingerprint density at radius 3 is 1.68 bits per heavy atom. The molecule has 22 heavy (non-hydrogen) atoms. The number of hydrogen-bond donors (Lipinski definition) is 2. The van der Waals surface area contributed by atoms with Crippen molar-refractivity contribution >= 4 is 56.3 Å². The molecular weight excluding hydrogens is 355 g/mol. The van der Waals surface area contributed by atoms with Gasteiger partial charge < -0.3 is 0 Å². The van der Waals surface area contributed by atoms with E-state index in [1.54, 1.807) is 12.4 Å². The number of urea groups is 2. The second kappa shape index (κ2) is 7.33. The predicted molar refractivity (Wildman–Crippen MR) is 78.7 cm³/mol. The number of hydrogen-bond acceptors (Lipinski definition) is 4. The average Bonchev–Trinajstić information content (AvgIpc) is 2.45. The standard InChI is InChI=1S/C13H14N4O4Se/c18-10-3-7-16(12(20)14-10)5-1-9(22)2-6-17-8-4-11(19)15-13(17)21/h7-8H,1-6H2/p+2. The summed E-state index contributed by atoms with van der Waals surface area (Å²) in [5.41, 5.74) is 0. The van der Waals surface area contributed by atoms with Crippen LogP contribution in [-0.4, -0.2) is 78.5 Å². The molecule has 0 unspecified atom stereocenters. The first-order valence-corrected chi connectivity index (χ1v) is 7.70. The SMILES string of the molecule is O=C1CC=[N+](CCC(=[Se])CC[N+]2=CCC(=O)NC2=O)C(=O)N1. The van der Waals surface area contributed by atoms with Gasteiger partial charge in [-0.15, -0.1) is 0 Å². The van der Waals surface area contributed by atoms with Crippen molar-refractivity contribution in [3.05, 3.63) is 0 Å². The number of carbonyl (C=O) groups is 4. The Balaban J connectivity index is 1.77. The van der Waals surface area contributed by atoms with Crippen molar-refractivity contribution in [1.29, 1.82) is 0 Å². The van der Waals surface area contributed by atoms with Gasteiger partial charge in [-0.2, -0.15) is 0 Å². The molecule has 0 spiro atoms. The second-order valence-electron chi connectivity index (χ2n) is 4.91. The van der Waals surface area contributed by atoms with E-state index in [0.29, 0.717) is 25.9 Å². The van der Waals surface area contributed by atoms with Crippen molar-refractivity contribution in [3.63, 3.8) is 0 Å². The summed E-state index contributed by atoms with van der Waals surface area (Å²) in [5, 5.41) is 4.49. The van der Waals surface area contributed by atoms with E-state index in [4.69, 9.17) is 0 Å². The summed E-state index contributed by atoms with van der Waals surface area (Å²) in [6.07, 6.45) is 4.81. The van der Waals surface area contributed by atoms with Crippen LogP contribution >= 0.6 is 0 Å². The van der Waals surface area contributed by atoms with Crippen LogP contribution in [0, 0.1) is 0 Å². The summed E-state index contributed by atoms with van der Waals surface area (Å²) in [6, 6.07) is -0.822. The van der Waals surface area contributed by atoms with E-state index < -0.39 is 12.1 Å². The van der Waals surface area contributed by atoms with Gasteiger partial charge in [0, 0.05) is 0 Å². The van der Waals surface area contributed by atoms with Crippen LogP contribution in [0.2, 0.25) is 0 Å². The van der Waals surface area contributed by atoms with E-state index in [9.17, 15) is 19.2 Å². The monoisotopic (exact) mass is 372 g/mol. The molecule has 0 aromatic rings. The molecule has 0 saturated carbocycles. The van der Waals surface area contributed by atoms with Crippen molar-refractivity contribution in [2.75, 3.05) is 13.1 Å². The molecule has 0 saturated heterocycles. The van der Waals surface area contributed by atoms with Crippen LogP contribution in [0.3, 0.4) is 0 Å². The molecule has 2 N–H and O–H groups in total. The van der Waals surface area contributed by atoms with Crippen molar-refractivity contribution in [2.45, 2.75) is 25.7 Å². The molecule has 116 valence electrons. The van der Waals surface area contributed by atoms with Gasteiger partial charge in [-0.25, -0.2) is 0 Å². The maximum absolute atomic E-state index is 11.5. The Hall–Kier alpha value is -1.99. The van der Waals surface area contributed by atoms with Gasteiger partial charge in [-0.05, 0) is 0 Å².